The van der Waals surface area contributed by atoms with Gasteiger partial charge in [-0.15, -0.1) is 8.78 Å². The average Bonchev–Trinajstić information content (AvgIpc) is 3.39. The maximum absolute atomic E-state index is 13.4. The molecular weight excluding hydrogens is 472 g/mol. The first-order chi connectivity index (χ1) is 16.3. The van der Waals surface area contributed by atoms with Crippen LogP contribution in [0.15, 0.2) is 53.6 Å². The maximum Gasteiger partial charge on any atom is 0.586 e. The number of nitrogens with one attached hydrogen (secondary N) is 1. The molecule has 1 aliphatic heterocycles. The number of alkyl halides is 2. The number of carbonyl (C=O) groups is 1. The molecule has 5 rings (SSSR count). The molecule has 0 saturated carbocycles. The molecule has 1 amide bonds. The molecule has 2 aromatic heterocycles. The van der Waals surface area contributed by atoms with E-state index in [9.17, 15) is 18.4 Å². The highest BCUT2D eigenvalue weighted by Gasteiger charge is 2.43. The lowest BCUT2D eigenvalue weighted by molar-refractivity contribution is -0.286. The zero-order valence-corrected chi connectivity index (χ0v) is 18.3. The third-order valence-electron chi connectivity index (χ3n) is 5.23. The van der Waals surface area contributed by atoms with E-state index in [0.29, 0.717) is 27.5 Å². The number of fused-ring (bicyclic) bond motifs is 2. The topological polar surface area (TPSA) is 102 Å². The Kier molecular flexibility index (Phi) is 5.20. The highest BCUT2D eigenvalue weighted by atomic mass is 35.5. The number of hydrogen-bond donors (Lipinski definition) is 1. The summed E-state index contributed by atoms with van der Waals surface area (Å²) in [5.41, 5.74) is 1.31. The molecule has 9 nitrogen and oxygen atoms in total. The van der Waals surface area contributed by atoms with E-state index in [0.717, 1.165) is 4.68 Å². The summed E-state index contributed by atoms with van der Waals surface area (Å²) in [6.07, 6.45) is -2.40. The maximum atomic E-state index is 13.4. The minimum atomic E-state index is -3.77. The number of halogens is 3. The molecule has 0 unspecified atom stereocenters. The number of amides is 1. The zero-order valence-electron chi connectivity index (χ0n) is 17.6. The van der Waals surface area contributed by atoms with E-state index in [4.69, 9.17) is 11.6 Å². The van der Waals surface area contributed by atoms with Gasteiger partial charge in [-0.25, -0.2) is 9.67 Å². The van der Waals surface area contributed by atoms with Crippen LogP contribution in [0.2, 0.25) is 5.02 Å². The summed E-state index contributed by atoms with van der Waals surface area (Å²) in [4.78, 5) is 34.4. The Morgan fingerprint density at radius 1 is 1.21 bits per heavy atom. The Bertz CT molecular complexity index is 1490. The largest absolute Gasteiger partial charge is 0.586 e. The molecule has 0 radical (unpaired) electrons. The summed E-state index contributed by atoms with van der Waals surface area (Å²) in [5, 5.41) is 4.87. The summed E-state index contributed by atoms with van der Waals surface area (Å²) < 4.78 is 36.6. The predicted molar refractivity (Wildman–Crippen MR) is 119 cm³/mol. The fourth-order valence-corrected chi connectivity index (χ4v) is 3.93. The van der Waals surface area contributed by atoms with Gasteiger partial charge in [-0.3, -0.25) is 9.59 Å². The van der Waals surface area contributed by atoms with Crippen molar-refractivity contribution in [2.75, 3.05) is 11.4 Å². The van der Waals surface area contributed by atoms with Crippen LogP contribution in [0.5, 0.6) is 11.5 Å². The van der Waals surface area contributed by atoms with Gasteiger partial charge in [-0.05, 0) is 31.2 Å². The molecule has 0 spiro atoms. The third-order valence-corrected chi connectivity index (χ3v) is 5.47. The van der Waals surface area contributed by atoms with Crippen molar-refractivity contribution in [3.63, 3.8) is 0 Å². The van der Waals surface area contributed by atoms with Gasteiger partial charge in [0.15, 0.2) is 17.0 Å². The molecule has 1 N–H and O–H groups in total. The number of aromatic nitrogens is 4. The van der Waals surface area contributed by atoms with E-state index in [1.54, 1.807) is 31.2 Å². The van der Waals surface area contributed by atoms with Crippen molar-refractivity contribution in [2.24, 2.45) is 0 Å². The number of benzene rings is 2. The number of likely N-dealkylation sites (N-methyl/N-ethyl adjacent to an activating group) is 1. The molecule has 0 fully saturated rings. The van der Waals surface area contributed by atoms with E-state index in [1.165, 1.54) is 29.4 Å². The van der Waals surface area contributed by atoms with Gasteiger partial charge in [0.25, 0.3) is 5.56 Å². The fourth-order valence-electron chi connectivity index (χ4n) is 3.74. The quantitative estimate of drug-likeness (QED) is 0.459. The Morgan fingerprint density at radius 3 is 2.76 bits per heavy atom. The third kappa shape index (κ3) is 3.83. The summed E-state index contributed by atoms with van der Waals surface area (Å²) in [6, 6.07) is 10.9. The Hall–Kier alpha value is -3.99. The monoisotopic (exact) mass is 487 g/mol. The second-order valence-corrected chi connectivity index (χ2v) is 7.82. The predicted octanol–water partition coefficient (Wildman–Crippen LogP) is 3.81. The van der Waals surface area contributed by atoms with Crippen LogP contribution in [0.4, 0.5) is 14.5 Å². The van der Waals surface area contributed by atoms with Crippen LogP contribution in [0.3, 0.4) is 0 Å². The van der Waals surface area contributed by atoms with Crippen LogP contribution in [-0.2, 0) is 11.3 Å². The first kappa shape index (κ1) is 21.8. The van der Waals surface area contributed by atoms with Crippen LogP contribution < -0.4 is 19.9 Å². The van der Waals surface area contributed by atoms with E-state index >= 15 is 0 Å². The van der Waals surface area contributed by atoms with Crippen molar-refractivity contribution in [2.45, 2.75) is 19.8 Å². The molecule has 1 aliphatic rings. The molecule has 2 aromatic carbocycles. The van der Waals surface area contributed by atoms with Crippen molar-refractivity contribution >= 4 is 34.2 Å². The molecule has 0 aliphatic carbocycles. The minimum Gasteiger partial charge on any atom is -0.395 e. The van der Waals surface area contributed by atoms with Crippen LogP contribution in [0, 0.1) is 0 Å². The second kappa shape index (κ2) is 8.10. The smallest absolute Gasteiger partial charge is 0.395 e. The Labute approximate surface area is 195 Å². The SMILES string of the molecule is CCN(C(=O)Cn1nc(-c2cccc(Cl)c2)c2[nH]cnc2c1=O)c1ccc2c(c1)OC(F)(F)O2. The summed E-state index contributed by atoms with van der Waals surface area (Å²) >= 11 is 6.11. The standard InChI is InChI=1S/C22H16ClF2N5O4/c1-2-29(14-6-7-15-16(9-14)34-22(24,25)33-15)17(31)10-30-21(32)20-19(26-11-27-20)18(28-30)12-4-3-5-13(23)8-12/h3-9,11H,2,10H2,1H3,(H,26,27). The lowest BCUT2D eigenvalue weighted by Gasteiger charge is -2.21. The lowest BCUT2D eigenvalue weighted by atomic mass is 10.1. The van der Waals surface area contributed by atoms with Crippen LogP contribution >= 0.6 is 11.6 Å². The van der Waals surface area contributed by atoms with Gasteiger partial charge in [-0.2, -0.15) is 5.10 Å². The van der Waals surface area contributed by atoms with Crippen LogP contribution in [0.1, 0.15) is 6.92 Å². The zero-order chi connectivity index (χ0) is 24.0. The number of rotatable bonds is 5. The number of ether oxygens (including phenoxy) is 2. The number of H-pyrrole nitrogens is 1. The molecule has 12 heteroatoms. The number of hydrogen-bond acceptors (Lipinski definition) is 6. The second-order valence-electron chi connectivity index (χ2n) is 7.38. The average molecular weight is 488 g/mol. The number of nitrogens with zero attached hydrogens (tertiary/aromatic N) is 4. The number of aromatic amines is 1. The van der Waals surface area contributed by atoms with Gasteiger partial charge in [0.1, 0.15) is 12.2 Å². The van der Waals surface area contributed by atoms with Gasteiger partial charge in [0.05, 0.1) is 11.8 Å². The highest BCUT2D eigenvalue weighted by molar-refractivity contribution is 6.30. The summed E-state index contributed by atoms with van der Waals surface area (Å²) in [5.74, 6) is -0.815. The molecule has 4 aromatic rings. The Morgan fingerprint density at radius 2 is 2.00 bits per heavy atom. The van der Waals surface area contributed by atoms with Gasteiger partial charge in [0.2, 0.25) is 5.91 Å². The van der Waals surface area contributed by atoms with E-state index in [2.05, 4.69) is 24.5 Å². The van der Waals surface area contributed by atoms with E-state index in [-0.39, 0.29) is 23.6 Å². The van der Waals surface area contributed by atoms with Crippen LogP contribution in [0.25, 0.3) is 22.3 Å². The highest BCUT2D eigenvalue weighted by Crippen LogP contribution is 2.42. The van der Waals surface area contributed by atoms with Crippen molar-refractivity contribution in [3.05, 3.63) is 64.2 Å². The normalized spacial score (nSPS) is 13.9. The van der Waals surface area contributed by atoms with Gasteiger partial charge in [0, 0.05) is 28.9 Å². The molecule has 0 atom stereocenters. The van der Waals surface area contributed by atoms with Crippen molar-refractivity contribution in [1.29, 1.82) is 0 Å². The van der Waals surface area contributed by atoms with Crippen molar-refractivity contribution in [1.82, 2.24) is 19.7 Å². The molecule has 34 heavy (non-hydrogen) atoms. The van der Waals surface area contributed by atoms with Crippen LogP contribution in [-0.4, -0.2) is 38.5 Å². The number of anilines is 1. The van der Waals surface area contributed by atoms with E-state index in [1.807, 2.05) is 0 Å². The molecule has 174 valence electrons. The van der Waals surface area contributed by atoms with Crippen molar-refractivity contribution in [3.8, 4) is 22.8 Å². The summed E-state index contributed by atoms with van der Waals surface area (Å²) in [6.45, 7) is 1.50. The van der Waals surface area contributed by atoms with Gasteiger partial charge < -0.3 is 19.4 Å². The first-order valence-corrected chi connectivity index (χ1v) is 10.5. The Balaban J connectivity index is 1.50. The minimum absolute atomic E-state index is 0.117. The molecular formula is C22H16ClF2N5O4. The lowest BCUT2D eigenvalue weighted by Crippen LogP contribution is -2.37. The summed E-state index contributed by atoms with van der Waals surface area (Å²) in [7, 11) is 0. The number of imidazole rings is 1. The number of carbonyl (C=O) groups excluding carboxylic acids is 1. The van der Waals surface area contributed by atoms with Gasteiger partial charge in [-0.1, -0.05) is 23.7 Å². The molecule has 3 heterocycles. The van der Waals surface area contributed by atoms with Crippen molar-refractivity contribution < 1.29 is 23.0 Å². The molecule has 0 bridgehead atoms. The van der Waals surface area contributed by atoms with E-state index < -0.39 is 24.3 Å². The molecule has 0 saturated heterocycles. The van der Waals surface area contributed by atoms with Gasteiger partial charge >= 0.3 is 6.29 Å². The first-order valence-electron chi connectivity index (χ1n) is 10.2. The fraction of sp³-hybridized carbons (Fsp3) is 0.182.